The Morgan fingerprint density at radius 1 is 1.09 bits per heavy atom. The van der Waals surface area contributed by atoms with E-state index in [9.17, 15) is 18.0 Å². The minimum atomic E-state index is -4.51. The first-order valence-corrected chi connectivity index (χ1v) is 11.0. The second-order valence-corrected chi connectivity index (χ2v) is 8.33. The summed E-state index contributed by atoms with van der Waals surface area (Å²) >= 11 is 1.08. The number of amides is 1. The van der Waals surface area contributed by atoms with Gasteiger partial charge < -0.3 is 9.73 Å². The molecule has 4 rings (SSSR count). The normalized spacial score (nSPS) is 12.7. The largest absolute Gasteiger partial charge is 0.462 e. The molecule has 1 unspecified atom stereocenters. The Hall–Kier alpha value is -3.79. The molecule has 0 bridgehead atoms. The van der Waals surface area contributed by atoms with Gasteiger partial charge in [-0.2, -0.15) is 13.2 Å². The molecule has 0 aliphatic carbocycles. The average Bonchev–Trinajstić information content (AvgIpc) is 3.44. The van der Waals surface area contributed by atoms with Gasteiger partial charge in [0, 0.05) is 5.69 Å². The lowest BCUT2D eigenvalue weighted by Crippen LogP contribution is -2.19. The van der Waals surface area contributed by atoms with Crippen LogP contribution in [0, 0.1) is 6.92 Å². The van der Waals surface area contributed by atoms with E-state index < -0.39 is 22.9 Å². The number of furan rings is 1. The molecule has 1 amide bonds. The van der Waals surface area contributed by atoms with Gasteiger partial charge in [0.25, 0.3) is 0 Å². The van der Waals surface area contributed by atoms with Crippen molar-refractivity contribution in [3.05, 3.63) is 95.2 Å². The van der Waals surface area contributed by atoms with E-state index in [4.69, 9.17) is 4.42 Å². The van der Waals surface area contributed by atoms with Crippen molar-refractivity contribution in [3.63, 3.8) is 0 Å². The fourth-order valence-electron chi connectivity index (χ4n) is 3.08. The Morgan fingerprint density at radius 2 is 1.88 bits per heavy atom. The molecule has 0 radical (unpaired) electrons. The molecule has 0 fully saturated rings. The smallest absolute Gasteiger partial charge is 0.416 e. The number of rotatable bonds is 7. The van der Waals surface area contributed by atoms with Crippen LogP contribution in [-0.4, -0.2) is 21.1 Å². The Morgan fingerprint density at radius 3 is 2.59 bits per heavy atom. The number of anilines is 1. The Labute approximate surface area is 197 Å². The van der Waals surface area contributed by atoms with Crippen LogP contribution in [-0.2, 0) is 11.0 Å². The number of aromatic amines is 1. The average molecular weight is 485 g/mol. The Balaban J connectivity index is 1.53. The highest BCUT2D eigenvalue weighted by Crippen LogP contribution is 2.35. The summed E-state index contributed by atoms with van der Waals surface area (Å²) in [4.78, 5) is 17.5. The molecule has 0 aliphatic rings. The van der Waals surface area contributed by atoms with Crippen LogP contribution < -0.4 is 5.32 Å². The van der Waals surface area contributed by atoms with E-state index >= 15 is 0 Å². The zero-order chi connectivity index (χ0) is 24.1. The van der Waals surface area contributed by atoms with Crippen LogP contribution in [0.2, 0.25) is 0 Å². The molecule has 6 nitrogen and oxygen atoms in total. The van der Waals surface area contributed by atoms with Crippen molar-refractivity contribution in [1.29, 1.82) is 0 Å². The summed E-state index contributed by atoms with van der Waals surface area (Å²) in [5, 5.41) is 9.03. The molecule has 10 heteroatoms. The molecule has 2 aromatic carbocycles. The van der Waals surface area contributed by atoms with Crippen molar-refractivity contribution < 1.29 is 22.4 Å². The molecule has 34 heavy (non-hydrogen) atoms. The van der Waals surface area contributed by atoms with Crippen molar-refractivity contribution in [2.24, 2.45) is 0 Å². The molecular weight excluding hydrogens is 465 g/mol. The molecule has 1 atom stereocenters. The van der Waals surface area contributed by atoms with Gasteiger partial charge in [0.1, 0.15) is 22.6 Å². The second kappa shape index (κ2) is 10.0. The highest BCUT2D eigenvalue weighted by Gasteiger charge is 2.31. The van der Waals surface area contributed by atoms with E-state index in [0.717, 1.165) is 29.7 Å². The maximum atomic E-state index is 13.1. The lowest BCUT2D eigenvalue weighted by Gasteiger charge is -2.16. The predicted octanol–water partition coefficient (Wildman–Crippen LogP) is 6.37. The monoisotopic (exact) mass is 484 g/mol. The van der Waals surface area contributed by atoms with E-state index in [2.05, 4.69) is 20.5 Å². The lowest BCUT2D eigenvalue weighted by molar-refractivity contribution is -0.137. The minimum Gasteiger partial charge on any atom is -0.462 e. The summed E-state index contributed by atoms with van der Waals surface area (Å²) in [6.07, 6.45) is -1.09. The zero-order valence-corrected chi connectivity index (χ0v) is 18.7. The fourth-order valence-corrected chi connectivity index (χ4v) is 4.00. The van der Waals surface area contributed by atoms with Gasteiger partial charge in [-0.1, -0.05) is 48.2 Å². The molecule has 2 aromatic heterocycles. The van der Waals surface area contributed by atoms with E-state index in [0.29, 0.717) is 22.3 Å². The van der Waals surface area contributed by atoms with Crippen LogP contribution in [0.1, 0.15) is 33.7 Å². The van der Waals surface area contributed by atoms with Gasteiger partial charge >= 0.3 is 6.18 Å². The van der Waals surface area contributed by atoms with Gasteiger partial charge in [-0.3, -0.25) is 9.89 Å². The molecule has 2 N–H and O–H groups in total. The number of benzene rings is 2. The van der Waals surface area contributed by atoms with Crippen molar-refractivity contribution in [3.8, 4) is 0 Å². The molecule has 2 heterocycles. The minimum absolute atomic E-state index is 0.0497. The SMILES string of the molecule is Cc1ccc(/C=C/c2nc(SC(C(=O)Nc3cccc(C(F)(F)F)c3)c3ccccc3)n[nH]2)o1. The molecule has 174 valence electrons. The van der Waals surface area contributed by atoms with E-state index in [1.807, 2.05) is 25.1 Å². The van der Waals surface area contributed by atoms with Crippen molar-refractivity contribution in [2.75, 3.05) is 5.32 Å². The number of carbonyl (C=O) groups excluding carboxylic acids is 1. The summed E-state index contributed by atoms with van der Waals surface area (Å²) in [5.74, 6) is 1.40. The topological polar surface area (TPSA) is 83.8 Å². The van der Waals surface area contributed by atoms with E-state index in [-0.39, 0.29) is 5.69 Å². The number of alkyl halides is 3. The van der Waals surface area contributed by atoms with Crippen molar-refractivity contribution in [2.45, 2.75) is 23.5 Å². The molecule has 0 saturated carbocycles. The summed E-state index contributed by atoms with van der Waals surface area (Å²) in [6, 6.07) is 17.0. The van der Waals surface area contributed by atoms with Crippen LogP contribution in [0.15, 0.2) is 76.3 Å². The van der Waals surface area contributed by atoms with Gasteiger partial charge in [0.15, 0.2) is 0 Å². The maximum absolute atomic E-state index is 13.1. The first kappa shape index (κ1) is 23.4. The first-order valence-electron chi connectivity index (χ1n) is 10.1. The van der Waals surface area contributed by atoms with E-state index in [1.165, 1.54) is 12.1 Å². The van der Waals surface area contributed by atoms with Crippen LogP contribution in [0.4, 0.5) is 18.9 Å². The number of nitrogens with one attached hydrogen (secondary N) is 2. The number of aryl methyl sites for hydroxylation is 1. The third-order valence-corrected chi connectivity index (χ3v) is 5.79. The maximum Gasteiger partial charge on any atom is 0.416 e. The predicted molar refractivity (Wildman–Crippen MR) is 124 cm³/mol. The number of carbonyl (C=O) groups is 1. The lowest BCUT2D eigenvalue weighted by atomic mass is 10.1. The van der Waals surface area contributed by atoms with Crippen LogP contribution in [0.25, 0.3) is 12.2 Å². The summed E-state index contributed by atoms with van der Waals surface area (Å²) in [5.41, 5.74) is -0.134. The standard InChI is InChI=1S/C24H19F3N4O2S/c1-15-10-11-19(33-15)12-13-20-29-23(31-30-20)34-21(16-6-3-2-4-7-16)22(32)28-18-9-5-8-17(14-18)24(25,26)27/h2-14,21H,1H3,(H,28,32)(H,29,30,31)/b13-12+. The quantitative estimate of drug-likeness (QED) is 0.298. The molecular formula is C24H19F3N4O2S. The third-order valence-electron chi connectivity index (χ3n) is 4.67. The van der Waals surface area contributed by atoms with Gasteiger partial charge in [-0.15, -0.1) is 5.10 Å². The van der Waals surface area contributed by atoms with Gasteiger partial charge in [0.05, 0.1) is 5.56 Å². The summed E-state index contributed by atoms with van der Waals surface area (Å²) in [6.45, 7) is 1.84. The van der Waals surface area contributed by atoms with Crippen LogP contribution >= 0.6 is 11.8 Å². The van der Waals surface area contributed by atoms with Gasteiger partial charge in [-0.05, 0) is 55.0 Å². The van der Waals surface area contributed by atoms with Gasteiger partial charge in [-0.25, -0.2) is 4.98 Å². The fraction of sp³-hybridized carbons (Fsp3) is 0.125. The molecule has 0 saturated heterocycles. The summed E-state index contributed by atoms with van der Waals surface area (Å²) in [7, 11) is 0. The van der Waals surface area contributed by atoms with Crippen LogP contribution in [0.5, 0.6) is 0 Å². The summed E-state index contributed by atoms with van der Waals surface area (Å²) < 4.78 is 44.6. The number of thioether (sulfide) groups is 1. The van der Waals surface area contributed by atoms with E-state index in [1.54, 1.807) is 36.4 Å². The number of aromatic nitrogens is 3. The van der Waals surface area contributed by atoms with Gasteiger partial charge in [0.2, 0.25) is 11.1 Å². The van der Waals surface area contributed by atoms with Crippen molar-refractivity contribution >= 4 is 35.5 Å². The number of hydrogen-bond donors (Lipinski definition) is 2. The highest BCUT2D eigenvalue weighted by atomic mass is 32.2. The second-order valence-electron chi connectivity index (χ2n) is 7.26. The Bertz CT molecular complexity index is 1300. The molecule has 0 spiro atoms. The highest BCUT2D eigenvalue weighted by molar-refractivity contribution is 8.00. The molecule has 0 aliphatic heterocycles. The van der Waals surface area contributed by atoms with Crippen molar-refractivity contribution in [1.82, 2.24) is 15.2 Å². The first-order chi connectivity index (χ1) is 16.3. The number of hydrogen-bond acceptors (Lipinski definition) is 5. The molecule has 4 aromatic rings. The zero-order valence-electron chi connectivity index (χ0n) is 17.8. The Kier molecular flexibility index (Phi) is 6.87. The number of nitrogens with zero attached hydrogens (tertiary/aromatic N) is 2. The third kappa shape index (κ3) is 5.96. The number of H-pyrrole nitrogens is 1. The van der Waals surface area contributed by atoms with Crippen LogP contribution in [0.3, 0.4) is 0 Å². The number of halogens is 3.